The van der Waals surface area contributed by atoms with E-state index in [1.54, 1.807) is 4.90 Å². The van der Waals surface area contributed by atoms with Gasteiger partial charge in [-0.15, -0.1) is 0 Å². The fourth-order valence-electron chi connectivity index (χ4n) is 3.16. The fourth-order valence-corrected chi connectivity index (χ4v) is 3.16. The number of nitrogens with one attached hydrogen (secondary N) is 1. The predicted octanol–water partition coefficient (Wildman–Crippen LogP) is 3.82. The molecule has 2 aromatic carbocycles. The van der Waals surface area contributed by atoms with Gasteiger partial charge in [-0.05, 0) is 42.3 Å². The van der Waals surface area contributed by atoms with Crippen LogP contribution in [0.3, 0.4) is 0 Å². The first-order valence-corrected chi connectivity index (χ1v) is 8.67. The summed E-state index contributed by atoms with van der Waals surface area (Å²) in [6.07, 6.45) is 0.745. The molecule has 0 atom stereocenters. The van der Waals surface area contributed by atoms with Crippen LogP contribution in [-0.4, -0.2) is 23.3 Å². The quantitative estimate of drug-likeness (QED) is 0.753. The van der Waals surface area contributed by atoms with E-state index >= 15 is 0 Å². The molecule has 0 aliphatic carbocycles. The molecule has 2 amide bonds. The zero-order valence-corrected chi connectivity index (χ0v) is 14.7. The Morgan fingerprint density at radius 2 is 1.57 bits per heavy atom. The van der Waals surface area contributed by atoms with Gasteiger partial charge in [0, 0.05) is 12.2 Å². The van der Waals surface area contributed by atoms with Crippen molar-refractivity contribution in [1.29, 1.82) is 0 Å². The van der Waals surface area contributed by atoms with Gasteiger partial charge < -0.3 is 10.2 Å². The predicted molar refractivity (Wildman–Crippen MR) is 100 cm³/mol. The van der Waals surface area contributed by atoms with Crippen LogP contribution in [0.4, 0.5) is 20.2 Å². The van der Waals surface area contributed by atoms with Crippen molar-refractivity contribution >= 4 is 23.2 Å². The summed E-state index contributed by atoms with van der Waals surface area (Å²) in [6, 6.07) is 15.3. The van der Waals surface area contributed by atoms with Gasteiger partial charge in [0.1, 0.15) is 28.7 Å². The highest BCUT2D eigenvalue weighted by Crippen LogP contribution is 2.28. The number of pyridine rings is 1. The highest BCUT2D eigenvalue weighted by Gasteiger charge is 2.26. The number of hydrogen-bond donors (Lipinski definition) is 1. The summed E-state index contributed by atoms with van der Waals surface area (Å²) in [4.78, 5) is 30.9. The zero-order valence-electron chi connectivity index (χ0n) is 14.7. The molecule has 0 radical (unpaired) electrons. The molecule has 0 unspecified atom stereocenters. The minimum atomic E-state index is -0.894. The Kier molecular flexibility index (Phi) is 4.57. The average molecular weight is 379 g/mol. The first-order valence-electron chi connectivity index (χ1n) is 8.67. The van der Waals surface area contributed by atoms with E-state index in [1.165, 1.54) is 24.3 Å². The number of hydrogen-bond acceptors (Lipinski definition) is 3. The third kappa shape index (κ3) is 3.22. The summed E-state index contributed by atoms with van der Waals surface area (Å²) in [5.41, 5.74) is 1.30. The molecule has 1 aromatic heterocycles. The van der Waals surface area contributed by atoms with Gasteiger partial charge in [0.05, 0.1) is 0 Å². The van der Waals surface area contributed by atoms with Gasteiger partial charge in [-0.25, -0.2) is 13.8 Å². The number of para-hydroxylation sites is 2. The average Bonchev–Trinajstić information content (AvgIpc) is 3.14. The number of rotatable bonds is 3. The van der Waals surface area contributed by atoms with Crippen LogP contribution < -0.4 is 10.2 Å². The summed E-state index contributed by atoms with van der Waals surface area (Å²) < 4.78 is 27.5. The first kappa shape index (κ1) is 17.8. The molecule has 5 nitrogen and oxygen atoms in total. The third-order valence-electron chi connectivity index (χ3n) is 4.53. The van der Waals surface area contributed by atoms with Crippen molar-refractivity contribution in [3.05, 3.63) is 89.2 Å². The maximum Gasteiger partial charge on any atom is 0.276 e. The second-order valence-corrected chi connectivity index (χ2v) is 6.29. The number of carbonyl (C=O) groups excluding carboxylic acids is 2. The molecule has 0 fully saturated rings. The van der Waals surface area contributed by atoms with Gasteiger partial charge in [-0.2, -0.15) is 0 Å². The molecule has 0 saturated heterocycles. The molecule has 0 bridgehead atoms. The van der Waals surface area contributed by atoms with Crippen LogP contribution in [0.25, 0.3) is 0 Å². The van der Waals surface area contributed by atoms with Gasteiger partial charge in [0.25, 0.3) is 11.8 Å². The zero-order chi connectivity index (χ0) is 19.7. The number of fused-ring (bicyclic) bond motifs is 1. The lowest BCUT2D eigenvalue weighted by Gasteiger charge is -2.17. The first-order chi connectivity index (χ1) is 13.5. The lowest BCUT2D eigenvalue weighted by molar-refractivity contribution is 0.0984. The van der Waals surface area contributed by atoms with E-state index in [2.05, 4.69) is 10.3 Å². The molecule has 140 valence electrons. The maximum atomic E-state index is 13.7. The monoisotopic (exact) mass is 379 g/mol. The smallest absolute Gasteiger partial charge is 0.276 e. The van der Waals surface area contributed by atoms with Gasteiger partial charge >= 0.3 is 0 Å². The number of carbonyl (C=O) groups is 2. The number of anilines is 2. The van der Waals surface area contributed by atoms with Crippen molar-refractivity contribution in [2.75, 3.05) is 16.8 Å². The lowest BCUT2D eigenvalue weighted by Crippen LogP contribution is -2.30. The molecule has 3 aromatic rings. The van der Waals surface area contributed by atoms with Crippen molar-refractivity contribution in [3.8, 4) is 0 Å². The normalized spacial score (nSPS) is 12.6. The Morgan fingerprint density at radius 3 is 2.36 bits per heavy atom. The molecule has 1 aliphatic rings. The molecule has 0 saturated carbocycles. The molecule has 1 aliphatic heterocycles. The summed E-state index contributed by atoms with van der Waals surface area (Å²) in [5.74, 6) is -2.93. The largest absolute Gasteiger partial charge is 0.316 e. The van der Waals surface area contributed by atoms with Gasteiger partial charge in [0.2, 0.25) is 0 Å². The second kappa shape index (κ2) is 7.19. The van der Waals surface area contributed by atoms with Crippen LogP contribution in [-0.2, 0) is 6.42 Å². The van der Waals surface area contributed by atoms with Crippen molar-refractivity contribution in [3.63, 3.8) is 0 Å². The van der Waals surface area contributed by atoms with E-state index < -0.39 is 23.2 Å². The van der Waals surface area contributed by atoms with Crippen molar-refractivity contribution in [1.82, 2.24) is 4.98 Å². The minimum Gasteiger partial charge on any atom is -0.316 e. The fraction of sp³-hybridized carbons (Fsp3) is 0.0952. The lowest BCUT2D eigenvalue weighted by atomic mass is 10.2. The van der Waals surface area contributed by atoms with Crippen LogP contribution in [0.2, 0.25) is 0 Å². The second-order valence-electron chi connectivity index (χ2n) is 6.29. The molecule has 28 heavy (non-hydrogen) atoms. The topological polar surface area (TPSA) is 62.3 Å². The number of halogens is 2. The SMILES string of the molecule is O=C(Nc1c(F)cccc1F)c1cccc(C(=O)N2CCc3ccccc32)n1. The Balaban J connectivity index is 1.58. The summed E-state index contributed by atoms with van der Waals surface area (Å²) in [6.45, 7) is 0.525. The van der Waals surface area contributed by atoms with Crippen molar-refractivity contribution in [2.45, 2.75) is 6.42 Å². The number of aromatic nitrogens is 1. The molecule has 4 rings (SSSR count). The van der Waals surface area contributed by atoms with Crippen molar-refractivity contribution in [2.24, 2.45) is 0 Å². The highest BCUT2D eigenvalue weighted by atomic mass is 19.1. The number of benzene rings is 2. The highest BCUT2D eigenvalue weighted by molar-refractivity contribution is 6.08. The van der Waals surface area contributed by atoms with E-state index in [1.807, 2.05) is 24.3 Å². The van der Waals surface area contributed by atoms with Crippen LogP contribution in [0, 0.1) is 11.6 Å². The van der Waals surface area contributed by atoms with E-state index in [4.69, 9.17) is 0 Å². The van der Waals surface area contributed by atoms with E-state index in [-0.39, 0.29) is 17.3 Å². The molecule has 1 N–H and O–H groups in total. The Hall–Kier alpha value is -3.61. The summed E-state index contributed by atoms with van der Waals surface area (Å²) in [5, 5.41) is 2.17. The summed E-state index contributed by atoms with van der Waals surface area (Å²) >= 11 is 0. The molecule has 0 spiro atoms. The van der Waals surface area contributed by atoms with Gasteiger partial charge in [0.15, 0.2) is 0 Å². The Bertz CT molecular complexity index is 1060. The maximum absolute atomic E-state index is 13.7. The standard InChI is InChI=1S/C21H15F2N3O2/c22-14-6-3-7-15(23)19(14)25-20(27)16-8-4-9-17(24-16)21(28)26-12-11-13-5-1-2-10-18(13)26/h1-10H,11-12H2,(H,25,27). The number of nitrogens with zero attached hydrogens (tertiary/aromatic N) is 2. The third-order valence-corrected chi connectivity index (χ3v) is 4.53. The van der Waals surface area contributed by atoms with Crippen LogP contribution in [0.1, 0.15) is 26.5 Å². The van der Waals surface area contributed by atoms with Crippen LogP contribution in [0.15, 0.2) is 60.7 Å². The Morgan fingerprint density at radius 1 is 0.893 bits per heavy atom. The van der Waals surface area contributed by atoms with Crippen LogP contribution >= 0.6 is 0 Å². The van der Waals surface area contributed by atoms with Gasteiger partial charge in [-0.3, -0.25) is 9.59 Å². The van der Waals surface area contributed by atoms with E-state index in [9.17, 15) is 18.4 Å². The summed E-state index contributed by atoms with van der Waals surface area (Å²) in [7, 11) is 0. The minimum absolute atomic E-state index is 0.0818. The Labute approximate surface area is 159 Å². The molecule has 7 heteroatoms. The molecular weight excluding hydrogens is 364 g/mol. The van der Waals surface area contributed by atoms with Gasteiger partial charge in [-0.1, -0.05) is 30.3 Å². The number of amides is 2. The van der Waals surface area contributed by atoms with E-state index in [0.717, 1.165) is 29.8 Å². The molecular formula is C21H15F2N3O2. The van der Waals surface area contributed by atoms with Crippen LogP contribution in [0.5, 0.6) is 0 Å². The van der Waals surface area contributed by atoms with Crippen molar-refractivity contribution < 1.29 is 18.4 Å². The van der Waals surface area contributed by atoms with E-state index in [0.29, 0.717) is 6.54 Å². The molecule has 2 heterocycles.